The number of hydrogen-bond acceptors (Lipinski definition) is 4. The molecule has 0 aliphatic carbocycles. The van der Waals surface area contributed by atoms with Crippen molar-refractivity contribution in [1.29, 1.82) is 0 Å². The molecule has 0 N–H and O–H groups in total. The normalized spacial score (nSPS) is 13.9. The number of Topliss-reactive ketones (excluding diaryl/α,β-unsaturated/α-hetero) is 1. The maximum atomic E-state index is 12.5. The Kier molecular flexibility index (Phi) is 36.8. The van der Waals surface area contributed by atoms with Crippen molar-refractivity contribution in [2.75, 3.05) is 36.0 Å². The number of hydrogen-bond donors (Lipinski definition) is 0. The van der Waals surface area contributed by atoms with Crippen LogP contribution in [0.3, 0.4) is 0 Å². The molecule has 12 rings (SSSR count). The Morgan fingerprint density at radius 2 is 0.788 bits per heavy atom. The fourth-order valence-electron chi connectivity index (χ4n) is 16.9. The number of nitrogens with zero attached hydrogens (tertiary/aromatic N) is 5. The van der Waals surface area contributed by atoms with Gasteiger partial charge >= 0.3 is 0 Å². The molecule has 0 fully saturated rings. The van der Waals surface area contributed by atoms with Crippen LogP contribution in [0.1, 0.15) is 392 Å². The first-order valence-electron chi connectivity index (χ1n) is 50.1. The lowest BCUT2D eigenvalue weighted by molar-refractivity contribution is -0.119. The van der Waals surface area contributed by atoms with Crippen LogP contribution in [0.25, 0.3) is 32.7 Å². The predicted octanol–water partition coefficient (Wildman–Crippen LogP) is 34.7. The maximum Gasteiger partial charge on any atom is 0.227 e. The van der Waals surface area contributed by atoms with Crippen LogP contribution in [-0.2, 0) is 86.4 Å². The van der Waals surface area contributed by atoms with Gasteiger partial charge in [-0.3, -0.25) is 9.59 Å². The van der Waals surface area contributed by atoms with Crippen molar-refractivity contribution in [3.63, 3.8) is 0 Å². The number of carbonyl (C=O) groups is 2. The van der Waals surface area contributed by atoms with Gasteiger partial charge in [-0.15, -0.1) is 0 Å². The molecule has 0 saturated carbocycles. The number of ether oxygens (including phenoxy) is 1. The second kappa shape index (κ2) is 43.1. The number of ketones is 1. The molecule has 0 unspecified atom stereocenters. The molecule has 0 saturated heterocycles. The highest BCUT2D eigenvalue weighted by Gasteiger charge is 2.36. The summed E-state index contributed by atoms with van der Waals surface area (Å²) in [4.78, 5) is 28.9. The largest absolute Gasteiger partial charge is 0.493 e. The summed E-state index contributed by atoms with van der Waals surface area (Å²) in [7, 11) is 0. The number of para-hydroxylation sites is 2. The summed E-state index contributed by atoms with van der Waals surface area (Å²) >= 11 is 0. The molecule has 1 amide bonds. The number of aromatic nitrogens is 3. The van der Waals surface area contributed by atoms with E-state index in [2.05, 4.69) is 500 Å². The van der Waals surface area contributed by atoms with Crippen LogP contribution in [0.15, 0.2) is 170 Å². The fourth-order valence-corrected chi connectivity index (χ4v) is 16.9. The summed E-state index contributed by atoms with van der Waals surface area (Å²) in [5.41, 5.74) is 25.4. The molecule has 10 aromatic rings. The molecular weight excluding hydrogens is 1610 g/mol. The van der Waals surface area contributed by atoms with E-state index >= 15 is 0 Å². The van der Waals surface area contributed by atoms with Crippen molar-refractivity contribution >= 4 is 55.8 Å². The second-order valence-electron chi connectivity index (χ2n) is 55.1. The Morgan fingerprint density at radius 3 is 1.26 bits per heavy atom. The van der Waals surface area contributed by atoms with E-state index in [1.807, 2.05) is 4.90 Å². The highest BCUT2D eigenvalue weighted by Crippen LogP contribution is 2.44. The van der Waals surface area contributed by atoms with Crippen LogP contribution in [-0.4, -0.2) is 51.6 Å². The topological polar surface area (TPSA) is 64.6 Å². The molecule has 730 valence electrons. The lowest BCUT2D eigenvalue weighted by Crippen LogP contribution is -2.33. The molecule has 2 aliphatic rings. The first-order chi connectivity index (χ1) is 59.7. The number of carbonyl (C=O) groups excluding carboxylic acids is 2. The van der Waals surface area contributed by atoms with Crippen molar-refractivity contribution in [1.82, 2.24) is 13.7 Å². The van der Waals surface area contributed by atoms with Gasteiger partial charge in [0.15, 0.2) is 0 Å². The van der Waals surface area contributed by atoms with Crippen LogP contribution >= 0.6 is 0 Å². The van der Waals surface area contributed by atoms with Crippen LogP contribution in [0, 0.1) is 50.2 Å². The molecular formula is C124H191N5O3. The second-order valence-corrected chi connectivity index (χ2v) is 55.1. The summed E-state index contributed by atoms with van der Waals surface area (Å²) in [5, 5.41) is 4.16. The first-order valence-corrected chi connectivity index (χ1v) is 50.1. The lowest BCUT2D eigenvalue weighted by atomic mass is 9.65. The number of anilines is 2. The lowest BCUT2D eigenvalue weighted by Gasteiger charge is -2.39. The molecule has 2 aliphatic heterocycles. The van der Waals surface area contributed by atoms with Crippen LogP contribution in [0.2, 0.25) is 0 Å². The van der Waals surface area contributed by atoms with Gasteiger partial charge in [0.2, 0.25) is 5.91 Å². The van der Waals surface area contributed by atoms with E-state index in [1.54, 1.807) is 0 Å². The molecule has 0 radical (unpaired) electrons. The number of benzene rings is 7. The summed E-state index contributed by atoms with van der Waals surface area (Å²) in [5.74, 6) is 1.58. The SMILES string of the molecule is CC(C)(C)CCC(=O)Cc1ccc(C(C)(C)C)cc1.CC(C)(C)CCC(=O)N1CCc2cc(C(C)(C)C)ccc21.CC(C)(C)CN1CCc2cc(C(C)(C)C)ccc21.CC(C)(C)COc1ccc(C(C)(C)C(C)(C)C)cc1.CC(C)(C)Cn1cc(C(C)(C)C)c2ccccc21.CC(C)(C)Cn1ccc2cc(C(C)(C)C)ccc21.Cc1c(C(C)(C)C)c2ccccc2n1CC(C)(C)C. The van der Waals surface area contributed by atoms with E-state index in [1.165, 1.54) is 107 Å². The van der Waals surface area contributed by atoms with Gasteiger partial charge in [0.25, 0.3) is 0 Å². The summed E-state index contributed by atoms with van der Waals surface area (Å²) < 4.78 is 13.1. The minimum atomic E-state index is 0.148. The van der Waals surface area contributed by atoms with E-state index in [0.29, 0.717) is 46.7 Å². The van der Waals surface area contributed by atoms with Gasteiger partial charge < -0.3 is 28.2 Å². The van der Waals surface area contributed by atoms with Crippen LogP contribution in [0.5, 0.6) is 5.75 Å². The summed E-state index contributed by atoms with van der Waals surface area (Å²) in [6, 6.07) is 57.4. The van der Waals surface area contributed by atoms with Gasteiger partial charge in [0, 0.05) is 115 Å². The average molecular weight is 1800 g/mol. The zero-order valence-corrected chi connectivity index (χ0v) is 93.0. The highest BCUT2D eigenvalue weighted by atomic mass is 16.5. The monoisotopic (exact) mass is 1800 g/mol. The third-order valence-corrected chi connectivity index (χ3v) is 25.5. The van der Waals surface area contributed by atoms with Gasteiger partial charge in [0.1, 0.15) is 11.5 Å². The van der Waals surface area contributed by atoms with Crippen molar-refractivity contribution in [2.24, 2.45) is 43.3 Å². The summed E-state index contributed by atoms with van der Waals surface area (Å²) in [6.45, 7) is 109. The average Bonchev–Trinajstić information content (AvgIpc) is 1.64. The predicted molar refractivity (Wildman–Crippen MR) is 582 cm³/mol. The Hall–Kier alpha value is -8.10. The minimum absolute atomic E-state index is 0.148. The highest BCUT2D eigenvalue weighted by molar-refractivity contribution is 5.95. The molecule has 5 heterocycles. The Morgan fingerprint density at radius 1 is 0.356 bits per heavy atom. The van der Waals surface area contributed by atoms with Gasteiger partial charge in [-0.05, 0) is 229 Å². The van der Waals surface area contributed by atoms with Gasteiger partial charge in [-0.2, -0.15) is 0 Å². The van der Waals surface area contributed by atoms with Crippen LogP contribution < -0.4 is 14.5 Å². The summed E-state index contributed by atoms with van der Waals surface area (Å²) in [6.07, 6.45) is 10.5. The number of amides is 1. The molecule has 0 bridgehead atoms. The maximum absolute atomic E-state index is 12.5. The Bertz CT molecular complexity index is 5340. The van der Waals surface area contributed by atoms with E-state index in [-0.39, 0.29) is 65.5 Å². The zero-order chi connectivity index (χ0) is 100. The van der Waals surface area contributed by atoms with Crippen molar-refractivity contribution in [3.05, 3.63) is 231 Å². The van der Waals surface area contributed by atoms with E-state index in [9.17, 15) is 9.59 Å². The smallest absolute Gasteiger partial charge is 0.227 e. The Balaban J connectivity index is 0.000000237. The molecule has 132 heavy (non-hydrogen) atoms. The van der Waals surface area contributed by atoms with Gasteiger partial charge in [-0.1, -0.05) is 408 Å². The van der Waals surface area contributed by atoms with Gasteiger partial charge in [0.05, 0.1) is 6.61 Å². The molecule has 0 atom stereocenters. The molecule has 7 aromatic carbocycles. The molecule has 8 nitrogen and oxygen atoms in total. The quantitative estimate of drug-likeness (QED) is 0.115. The van der Waals surface area contributed by atoms with Crippen LogP contribution in [0.4, 0.5) is 11.4 Å². The number of fused-ring (bicyclic) bond motifs is 5. The first kappa shape index (κ1) is 113. The third-order valence-electron chi connectivity index (χ3n) is 25.5. The van der Waals surface area contributed by atoms with E-state index in [0.717, 1.165) is 75.6 Å². The Labute approximate surface area is 809 Å². The molecule has 8 heteroatoms. The van der Waals surface area contributed by atoms with Crippen molar-refractivity contribution < 1.29 is 14.3 Å². The zero-order valence-electron chi connectivity index (χ0n) is 93.0. The van der Waals surface area contributed by atoms with Crippen molar-refractivity contribution in [3.8, 4) is 5.75 Å². The van der Waals surface area contributed by atoms with Crippen molar-refractivity contribution in [2.45, 2.75) is 414 Å². The van der Waals surface area contributed by atoms with E-state index < -0.39 is 0 Å². The standard InChI is InChI=1S/C19H29NO.C18H27N.C18H30O.C18H28O.C17H27N.2C17H25N/c1-18(2,3)11-9-17(21)20-12-10-14-13-15(19(4,5)6)7-8-16(14)20;1-13-16(18(5,6)7)14-10-8-9-11-15(14)19(13)12-17(2,3)4;1-16(2,3)13-19-15-11-9-14(10-12-15)18(7,8)17(4,5)6;1-17(2,3)12-11-16(19)13-14-7-9-15(10-8-14)18(4,5)6;2*1-16(2,3)12-18-10-9-13-11-14(17(4,5)6)7-8-15(13)18;1-16(2,3)12-18-11-14(17(4,5)6)13-9-7-8-10-15(13)18/h7-8,13H,9-12H2,1-6H3;8-11H,12H2,1-7H3;9-12H,13H2,1-8H3;7-10H,11-13H2,1-6H3;7-8,11H,9-10,12H2,1-6H3;2*7-11H,12H2,1-6H3. The number of rotatable bonds is 13. The third kappa shape index (κ3) is 35.2. The fraction of sp³-hybridized carbons (Fsp3) is 0.597. The minimum Gasteiger partial charge on any atom is -0.493 e. The van der Waals surface area contributed by atoms with E-state index in [4.69, 9.17) is 4.74 Å². The molecule has 3 aromatic heterocycles. The molecule has 0 spiro atoms. The van der Waals surface area contributed by atoms with Gasteiger partial charge in [-0.25, -0.2) is 0 Å².